The van der Waals surface area contributed by atoms with E-state index in [4.69, 9.17) is 0 Å². The van der Waals surface area contributed by atoms with Crippen LogP contribution in [0, 0.1) is 11.8 Å². The van der Waals surface area contributed by atoms with Gasteiger partial charge in [0.2, 0.25) is 11.8 Å². The third kappa shape index (κ3) is 3.76. The molecule has 1 aromatic carbocycles. The molecule has 0 aromatic heterocycles. The average molecular weight is 358 g/mol. The molecule has 138 valence electrons. The number of hydrogen-bond acceptors (Lipinski definition) is 4. The van der Waals surface area contributed by atoms with Gasteiger partial charge in [-0.1, -0.05) is 19.1 Å². The highest BCUT2D eigenvalue weighted by Gasteiger charge is 2.32. The summed E-state index contributed by atoms with van der Waals surface area (Å²) in [6.45, 7) is 2.93. The number of carboxylic acid groups (broad SMARTS) is 1. The van der Waals surface area contributed by atoms with Crippen molar-refractivity contribution in [1.82, 2.24) is 9.80 Å². The van der Waals surface area contributed by atoms with Gasteiger partial charge in [-0.15, -0.1) is 0 Å². The van der Waals surface area contributed by atoms with Crippen LogP contribution in [0.25, 0.3) is 0 Å². The molecule has 0 spiro atoms. The predicted octanol–water partition coefficient (Wildman–Crippen LogP) is 1.52. The van der Waals surface area contributed by atoms with E-state index < -0.39 is 11.9 Å². The molecule has 2 saturated heterocycles. The number of benzene rings is 1. The molecule has 1 N–H and O–H groups in total. The molecule has 7 nitrogen and oxygen atoms in total. The monoisotopic (exact) mass is 358 g/mol. The number of imide groups is 1. The molecule has 2 unspecified atom stereocenters. The zero-order valence-electron chi connectivity index (χ0n) is 14.7. The van der Waals surface area contributed by atoms with Crippen LogP contribution in [0.2, 0.25) is 0 Å². The smallest absolute Gasteiger partial charge is 0.308 e. The van der Waals surface area contributed by atoms with E-state index >= 15 is 0 Å². The van der Waals surface area contributed by atoms with Crippen molar-refractivity contribution in [2.24, 2.45) is 11.8 Å². The molecule has 2 aliphatic rings. The maximum absolute atomic E-state index is 12.7. The zero-order valence-corrected chi connectivity index (χ0v) is 14.7. The van der Waals surface area contributed by atoms with Crippen molar-refractivity contribution in [2.45, 2.75) is 32.7 Å². The predicted molar refractivity (Wildman–Crippen MR) is 92.0 cm³/mol. The van der Waals surface area contributed by atoms with Gasteiger partial charge in [-0.25, -0.2) is 0 Å². The Hall–Kier alpha value is -2.70. The van der Waals surface area contributed by atoms with Crippen molar-refractivity contribution in [3.63, 3.8) is 0 Å². The minimum atomic E-state index is -0.871. The minimum Gasteiger partial charge on any atom is -0.481 e. The van der Waals surface area contributed by atoms with E-state index in [1.165, 1.54) is 4.90 Å². The van der Waals surface area contributed by atoms with E-state index in [9.17, 15) is 24.3 Å². The molecule has 3 amide bonds. The van der Waals surface area contributed by atoms with E-state index in [1.807, 2.05) is 6.92 Å². The number of carboxylic acids is 1. The fourth-order valence-corrected chi connectivity index (χ4v) is 3.61. The molecule has 0 saturated carbocycles. The lowest BCUT2D eigenvalue weighted by molar-refractivity contribution is -0.144. The summed E-state index contributed by atoms with van der Waals surface area (Å²) in [6.07, 6.45) is 1.09. The van der Waals surface area contributed by atoms with Crippen molar-refractivity contribution in [3.8, 4) is 0 Å². The quantitative estimate of drug-likeness (QED) is 0.824. The lowest BCUT2D eigenvalue weighted by Crippen LogP contribution is -2.45. The molecule has 3 rings (SSSR count). The fraction of sp³-hybridized carbons (Fsp3) is 0.474. The lowest BCUT2D eigenvalue weighted by Gasteiger charge is -2.34. The van der Waals surface area contributed by atoms with Crippen LogP contribution in [0.5, 0.6) is 0 Å². The molecule has 2 heterocycles. The first-order chi connectivity index (χ1) is 12.3. The Bertz CT molecular complexity index is 727. The Kier molecular flexibility index (Phi) is 5.06. The number of carbonyl (C=O) groups excluding carboxylic acids is 3. The summed E-state index contributed by atoms with van der Waals surface area (Å²) < 4.78 is 0. The molecule has 7 heteroatoms. The molecule has 26 heavy (non-hydrogen) atoms. The van der Waals surface area contributed by atoms with Crippen LogP contribution in [0.4, 0.5) is 0 Å². The molecule has 0 radical (unpaired) electrons. The maximum atomic E-state index is 12.7. The SMILES string of the molecule is CC1CC(C(=O)O)CN(C(=O)c2ccc(CN3C(=O)CCC3=O)cc2)C1. The summed E-state index contributed by atoms with van der Waals surface area (Å²) in [7, 11) is 0. The van der Waals surface area contributed by atoms with E-state index in [0.717, 1.165) is 5.56 Å². The van der Waals surface area contributed by atoms with Crippen LogP contribution in [0.15, 0.2) is 24.3 Å². The number of hydrogen-bond donors (Lipinski definition) is 1. The molecule has 1 aromatic rings. The first kappa shape index (κ1) is 18.1. The summed E-state index contributed by atoms with van der Waals surface area (Å²) in [4.78, 5) is 50.2. The van der Waals surface area contributed by atoms with E-state index in [0.29, 0.717) is 18.5 Å². The van der Waals surface area contributed by atoms with Gasteiger partial charge in [0.25, 0.3) is 5.91 Å². The number of amides is 3. The Labute approximate surface area is 151 Å². The largest absolute Gasteiger partial charge is 0.481 e. The maximum Gasteiger partial charge on any atom is 0.308 e. The van der Waals surface area contributed by atoms with Gasteiger partial charge in [0.05, 0.1) is 12.5 Å². The first-order valence-corrected chi connectivity index (χ1v) is 8.79. The van der Waals surface area contributed by atoms with Crippen molar-refractivity contribution < 1.29 is 24.3 Å². The first-order valence-electron chi connectivity index (χ1n) is 8.79. The number of carbonyl (C=O) groups is 4. The molecule has 2 aliphatic heterocycles. The van der Waals surface area contributed by atoms with Crippen LogP contribution < -0.4 is 0 Å². The van der Waals surface area contributed by atoms with Crippen LogP contribution >= 0.6 is 0 Å². The van der Waals surface area contributed by atoms with Gasteiger partial charge in [-0.3, -0.25) is 24.1 Å². The van der Waals surface area contributed by atoms with Crippen LogP contribution in [0.1, 0.15) is 42.1 Å². The second-order valence-corrected chi connectivity index (χ2v) is 7.16. The van der Waals surface area contributed by atoms with E-state index in [-0.39, 0.29) is 49.6 Å². The lowest BCUT2D eigenvalue weighted by atomic mass is 9.90. The highest BCUT2D eigenvalue weighted by Crippen LogP contribution is 2.24. The second-order valence-electron chi connectivity index (χ2n) is 7.16. The third-order valence-electron chi connectivity index (χ3n) is 4.99. The van der Waals surface area contributed by atoms with Crippen molar-refractivity contribution in [3.05, 3.63) is 35.4 Å². The van der Waals surface area contributed by atoms with Crippen molar-refractivity contribution in [2.75, 3.05) is 13.1 Å². The summed E-state index contributed by atoms with van der Waals surface area (Å²) >= 11 is 0. The van der Waals surface area contributed by atoms with Gasteiger partial charge in [-0.2, -0.15) is 0 Å². The van der Waals surface area contributed by atoms with Gasteiger partial charge in [0.15, 0.2) is 0 Å². The molecule has 2 fully saturated rings. The Balaban J connectivity index is 1.68. The minimum absolute atomic E-state index is 0.139. The highest BCUT2D eigenvalue weighted by atomic mass is 16.4. The van der Waals surface area contributed by atoms with Gasteiger partial charge in [0, 0.05) is 31.5 Å². The van der Waals surface area contributed by atoms with Gasteiger partial charge < -0.3 is 10.0 Å². The topological polar surface area (TPSA) is 95.0 Å². The van der Waals surface area contributed by atoms with Gasteiger partial charge >= 0.3 is 5.97 Å². The Morgan fingerprint density at radius 3 is 2.27 bits per heavy atom. The highest BCUT2D eigenvalue weighted by molar-refractivity contribution is 6.01. The number of likely N-dealkylation sites (tertiary alicyclic amines) is 2. The number of rotatable bonds is 4. The second kappa shape index (κ2) is 7.27. The number of nitrogens with zero attached hydrogens (tertiary/aromatic N) is 2. The van der Waals surface area contributed by atoms with Crippen molar-refractivity contribution in [1.29, 1.82) is 0 Å². The molecule has 0 bridgehead atoms. The van der Waals surface area contributed by atoms with Gasteiger partial charge in [-0.05, 0) is 30.0 Å². The normalized spacial score (nSPS) is 23.4. The van der Waals surface area contributed by atoms with Crippen LogP contribution in [-0.4, -0.2) is 51.7 Å². The molecule has 0 aliphatic carbocycles. The van der Waals surface area contributed by atoms with Gasteiger partial charge in [0.1, 0.15) is 0 Å². The number of aliphatic carboxylic acids is 1. The average Bonchev–Trinajstić information content (AvgIpc) is 2.93. The Morgan fingerprint density at radius 2 is 1.69 bits per heavy atom. The molecular formula is C19H22N2O5. The fourth-order valence-electron chi connectivity index (χ4n) is 3.61. The molecular weight excluding hydrogens is 336 g/mol. The molecule has 2 atom stereocenters. The zero-order chi connectivity index (χ0) is 18.8. The van der Waals surface area contributed by atoms with Crippen LogP contribution in [-0.2, 0) is 20.9 Å². The Morgan fingerprint density at radius 1 is 1.08 bits per heavy atom. The summed E-state index contributed by atoms with van der Waals surface area (Å²) in [5, 5.41) is 9.24. The van der Waals surface area contributed by atoms with E-state index in [2.05, 4.69) is 0 Å². The summed E-state index contributed by atoms with van der Waals surface area (Å²) in [5.41, 5.74) is 1.26. The summed E-state index contributed by atoms with van der Waals surface area (Å²) in [6, 6.07) is 6.79. The number of piperidine rings is 1. The van der Waals surface area contributed by atoms with Crippen LogP contribution in [0.3, 0.4) is 0 Å². The standard InChI is InChI=1S/C19H22N2O5/c1-12-8-15(19(25)26)11-20(9-12)18(24)14-4-2-13(3-5-14)10-21-16(22)6-7-17(21)23/h2-5,12,15H,6-11H2,1H3,(H,25,26). The van der Waals surface area contributed by atoms with E-state index in [1.54, 1.807) is 29.2 Å². The summed E-state index contributed by atoms with van der Waals surface area (Å²) in [5.74, 6) is -1.80. The third-order valence-corrected chi connectivity index (χ3v) is 4.99. The van der Waals surface area contributed by atoms with Crippen molar-refractivity contribution >= 4 is 23.7 Å².